The van der Waals surface area contributed by atoms with Crippen molar-refractivity contribution >= 4 is 59.8 Å². The van der Waals surface area contributed by atoms with Gasteiger partial charge in [-0.2, -0.15) is 0 Å². The zero-order chi connectivity index (χ0) is 36.3. The highest BCUT2D eigenvalue weighted by Gasteiger charge is 2.29. The Bertz CT molecular complexity index is 1320. The van der Waals surface area contributed by atoms with Crippen LogP contribution in [0.3, 0.4) is 0 Å². The number of amides is 8. The van der Waals surface area contributed by atoms with E-state index in [1.54, 1.807) is 52.2 Å². The number of ether oxygens (including phenoxy) is 1. The van der Waals surface area contributed by atoms with Gasteiger partial charge in [-0.1, -0.05) is 32.4 Å². The first kappa shape index (κ1) is 43.3. The Labute approximate surface area is 299 Å². The van der Waals surface area contributed by atoms with Crippen LogP contribution in [-0.2, 0) is 35.3 Å². The molecule has 1 aromatic carbocycles. The molecule has 1 heterocycles. The number of hydrogen-bond donors (Lipinski definition) is 6. The summed E-state index contributed by atoms with van der Waals surface area (Å²) in [6.45, 7) is 5.17. The predicted octanol–water partition coefficient (Wildman–Crippen LogP) is 1.39. The van der Waals surface area contributed by atoms with Crippen LogP contribution in [0.1, 0.15) is 57.9 Å². The van der Waals surface area contributed by atoms with E-state index < -0.39 is 36.0 Å². The van der Waals surface area contributed by atoms with Gasteiger partial charge in [0, 0.05) is 57.5 Å². The summed E-state index contributed by atoms with van der Waals surface area (Å²) in [7, 11) is 3.43. The van der Waals surface area contributed by atoms with Gasteiger partial charge in [0.05, 0.1) is 0 Å². The molecule has 50 heavy (non-hydrogen) atoms. The summed E-state index contributed by atoms with van der Waals surface area (Å²) in [5.41, 5.74) is 6.30. The average Bonchev–Trinajstić information content (AvgIpc) is 3.38. The monoisotopic (exact) mass is 722 g/mol. The van der Waals surface area contributed by atoms with Gasteiger partial charge < -0.3 is 42.0 Å². The fourth-order valence-electron chi connectivity index (χ4n) is 4.75. The van der Waals surface area contributed by atoms with Gasteiger partial charge >= 0.3 is 12.1 Å². The molecule has 0 fully saturated rings. The fraction of sp³-hybridized carbons (Fsp3) is 0.545. The summed E-state index contributed by atoms with van der Waals surface area (Å²) in [5, 5.41) is 13.7. The summed E-state index contributed by atoms with van der Waals surface area (Å²) in [6.07, 6.45) is 4.28. The molecule has 0 saturated carbocycles. The molecule has 0 spiro atoms. The second kappa shape index (κ2) is 22.8. The highest BCUT2D eigenvalue weighted by Crippen LogP contribution is 2.14. The molecule has 16 nitrogen and oxygen atoms in total. The number of likely N-dealkylation sites (N-methyl/N-ethyl adjacent to an activating group) is 2. The number of unbranched alkanes of at least 4 members (excludes halogenated alkanes) is 2. The summed E-state index contributed by atoms with van der Waals surface area (Å²) in [6, 6.07) is 4.07. The lowest BCUT2D eigenvalue weighted by atomic mass is 10.0. The van der Waals surface area contributed by atoms with Crippen LogP contribution in [-0.4, -0.2) is 104 Å². The van der Waals surface area contributed by atoms with E-state index in [0.717, 1.165) is 4.90 Å². The molecule has 1 aromatic rings. The normalized spacial score (nSPS) is 13.3. The Morgan fingerprint density at radius 2 is 1.56 bits per heavy atom. The summed E-state index contributed by atoms with van der Waals surface area (Å²) in [5.74, 6) is -2.37. The molecule has 17 heteroatoms. The minimum atomic E-state index is -1.00. The number of primary amides is 1. The molecule has 0 saturated heterocycles. The minimum Gasteiger partial charge on any atom is -0.445 e. The number of nitrogens with one attached hydrogen (secondary N) is 5. The maximum Gasteiger partial charge on any atom is 0.409 e. The number of nitrogens with two attached hydrogens (primary N) is 1. The Morgan fingerprint density at radius 3 is 2.16 bits per heavy atom. The lowest BCUT2D eigenvalue weighted by Crippen LogP contribution is -2.54. The van der Waals surface area contributed by atoms with E-state index in [1.165, 1.54) is 17.1 Å². The topological polar surface area (TPSA) is 221 Å². The van der Waals surface area contributed by atoms with Crippen LogP contribution in [0.4, 0.5) is 15.3 Å². The standard InChI is InChI=1S/C33H50N8O8.ClH/c1-22(2)29(39-26(42)10-6-5-7-19-41-27(43)15-16-28(41)44)31(46)38-25(9-8-17-36-32(34)47)30(45)37-24-13-11-23(12-14-24)21-49-33(48)40(4)20-18-35-3;/h11-16,22,25,29,35H,5-10,17-21H2,1-4H3,(H,37,45)(H,38,46)(H,39,42)(H3,34,36,47);1H/t25-,29-;/m0./s1. The number of imide groups is 1. The molecule has 2 rings (SSSR count). The van der Waals surface area contributed by atoms with Gasteiger partial charge in [-0.3, -0.25) is 28.9 Å². The van der Waals surface area contributed by atoms with E-state index in [9.17, 15) is 33.6 Å². The van der Waals surface area contributed by atoms with Crippen molar-refractivity contribution in [2.24, 2.45) is 11.7 Å². The van der Waals surface area contributed by atoms with E-state index in [-0.39, 0.29) is 68.6 Å². The molecular formula is C33H51ClN8O8. The molecule has 0 unspecified atom stereocenters. The van der Waals surface area contributed by atoms with Crippen LogP contribution < -0.4 is 32.3 Å². The molecule has 0 bridgehead atoms. The zero-order valence-electron chi connectivity index (χ0n) is 29.1. The molecule has 7 N–H and O–H groups in total. The maximum atomic E-state index is 13.4. The zero-order valence-corrected chi connectivity index (χ0v) is 29.9. The van der Waals surface area contributed by atoms with Crippen LogP contribution >= 0.6 is 12.4 Å². The Morgan fingerprint density at radius 1 is 0.900 bits per heavy atom. The maximum absolute atomic E-state index is 13.4. The third-order valence-corrected chi connectivity index (χ3v) is 7.65. The van der Waals surface area contributed by atoms with Crippen molar-refractivity contribution in [3.8, 4) is 0 Å². The third kappa shape index (κ3) is 15.7. The molecule has 0 aromatic heterocycles. The van der Waals surface area contributed by atoms with Gasteiger partial charge in [-0.25, -0.2) is 9.59 Å². The summed E-state index contributed by atoms with van der Waals surface area (Å²) >= 11 is 0. The van der Waals surface area contributed by atoms with Crippen LogP contribution in [0.15, 0.2) is 36.4 Å². The van der Waals surface area contributed by atoms with Gasteiger partial charge in [0.15, 0.2) is 0 Å². The number of benzene rings is 1. The smallest absolute Gasteiger partial charge is 0.409 e. The molecule has 1 aliphatic rings. The van der Waals surface area contributed by atoms with E-state index in [0.29, 0.717) is 50.0 Å². The summed E-state index contributed by atoms with van der Waals surface area (Å²) < 4.78 is 5.32. The lowest BCUT2D eigenvalue weighted by Gasteiger charge is -2.25. The number of halogens is 1. The quantitative estimate of drug-likeness (QED) is 0.0796. The van der Waals surface area contributed by atoms with E-state index in [4.69, 9.17) is 10.5 Å². The van der Waals surface area contributed by atoms with Gasteiger partial charge in [0.2, 0.25) is 17.7 Å². The van der Waals surface area contributed by atoms with Gasteiger partial charge in [0.1, 0.15) is 18.7 Å². The number of carbonyl (C=O) groups is 7. The van der Waals surface area contributed by atoms with E-state index >= 15 is 0 Å². The number of anilines is 1. The number of nitrogens with zero attached hydrogens (tertiary/aromatic N) is 2. The van der Waals surface area contributed by atoms with Crippen LogP contribution in [0, 0.1) is 5.92 Å². The minimum absolute atomic E-state index is 0. The van der Waals surface area contributed by atoms with Crippen LogP contribution in [0.2, 0.25) is 0 Å². The Hall–Kier alpha value is -4.70. The largest absolute Gasteiger partial charge is 0.445 e. The van der Waals surface area contributed by atoms with Gasteiger partial charge in [-0.15, -0.1) is 12.4 Å². The number of rotatable bonds is 21. The number of hydrogen-bond acceptors (Lipinski definition) is 9. The average molecular weight is 723 g/mol. The molecule has 2 atom stereocenters. The molecule has 0 radical (unpaired) electrons. The second-order valence-electron chi connectivity index (χ2n) is 12.0. The lowest BCUT2D eigenvalue weighted by molar-refractivity contribution is -0.137. The molecule has 8 amide bonds. The van der Waals surface area contributed by atoms with Crippen molar-refractivity contribution < 1.29 is 38.3 Å². The van der Waals surface area contributed by atoms with Crippen LogP contribution in [0.5, 0.6) is 0 Å². The molecular weight excluding hydrogens is 672 g/mol. The Balaban J connectivity index is 0.0000125. The molecule has 0 aliphatic carbocycles. The first-order chi connectivity index (χ1) is 23.3. The summed E-state index contributed by atoms with van der Waals surface area (Å²) in [4.78, 5) is 88.6. The van der Waals surface area contributed by atoms with E-state index in [2.05, 4.69) is 26.6 Å². The molecule has 278 valence electrons. The van der Waals surface area contributed by atoms with Crippen LogP contribution in [0.25, 0.3) is 0 Å². The number of urea groups is 1. The predicted molar refractivity (Wildman–Crippen MR) is 189 cm³/mol. The van der Waals surface area contributed by atoms with Crippen molar-refractivity contribution in [3.05, 3.63) is 42.0 Å². The second-order valence-corrected chi connectivity index (χ2v) is 12.0. The number of carbonyl (C=O) groups excluding carboxylic acids is 7. The van der Waals surface area contributed by atoms with Crippen molar-refractivity contribution in [1.82, 2.24) is 31.1 Å². The van der Waals surface area contributed by atoms with Crippen molar-refractivity contribution in [2.45, 2.75) is 71.1 Å². The highest BCUT2D eigenvalue weighted by molar-refractivity contribution is 6.12. The van der Waals surface area contributed by atoms with Gasteiger partial charge in [0.25, 0.3) is 11.8 Å². The molecule has 1 aliphatic heterocycles. The van der Waals surface area contributed by atoms with Crippen molar-refractivity contribution in [2.75, 3.05) is 45.6 Å². The SMILES string of the molecule is CNCCN(C)C(=O)OCc1ccc(NC(=O)[C@H](CCCNC(N)=O)NC(=O)[C@@H](NC(=O)CCCCCN2C(=O)C=CC2=O)C(C)C)cc1.Cl. The third-order valence-electron chi connectivity index (χ3n) is 7.65. The Kier molecular flexibility index (Phi) is 19.8. The first-order valence-electron chi connectivity index (χ1n) is 16.4. The van der Waals surface area contributed by atoms with E-state index in [1.807, 2.05) is 0 Å². The van der Waals surface area contributed by atoms with Crippen molar-refractivity contribution in [1.29, 1.82) is 0 Å². The fourth-order valence-corrected chi connectivity index (χ4v) is 4.75. The van der Waals surface area contributed by atoms with Gasteiger partial charge in [-0.05, 0) is 56.3 Å². The highest BCUT2D eigenvalue weighted by atomic mass is 35.5. The first-order valence-corrected chi connectivity index (χ1v) is 16.4. The van der Waals surface area contributed by atoms with Crippen molar-refractivity contribution in [3.63, 3.8) is 0 Å².